The van der Waals surface area contributed by atoms with Gasteiger partial charge in [0.25, 0.3) is 0 Å². The van der Waals surface area contributed by atoms with Crippen LogP contribution in [0.2, 0.25) is 0 Å². The molecule has 2 unspecified atom stereocenters. The van der Waals surface area contributed by atoms with E-state index in [1.165, 1.54) is 11.0 Å². The molecule has 3 fully saturated rings. The second kappa shape index (κ2) is 13.6. The van der Waals surface area contributed by atoms with Gasteiger partial charge in [0.1, 0.15) is 23.5 Å². The molecule has 3 amide bonds. The lowest BCUT2D eigenvalue weighted by Gasteiger charge is -2.34. The van der Waals surface area contributed by atoms with Crippen LogP contribution in [0.1, 0.15) is 70.3 Å². The molecule has 254 valence electrons. The van der Waals surface area contributed by atoms with Crippen molar-refractivity contribution >= 4 is 36.3 Å². The molecule has 12 nitrogen and oxygen atoms in total. The Labute approximate surface area is 274 Å². The zero-order valence-electron chi connectivity index (χ0n) is 26.8. The molecule has 0 spiro atoms. The van der Waals surface area contributed by atoms with Gasteiger partial charge in [-0.3, -0.25) is 14.2 Å². The van der Waals surface area contributed by atoms with Gasteiger partial charge in [-0.1, -0.05) is 44.4 Å². The van der Waals surface area contributed by atoms with Crippen LogP contribution in [0.15, 0.2) is 43.1 Å². The van der Waals surface area contributed by atoms with Gasteiger partial charge in [0.05, 0.1) is 13.2 Å². The fourth-order valence-corrected chi connectivity index (χ4v) is 8.75. The molecule has 2 aromatic rings. The summed E-state index contributed by atoms with van der Waals surface area (Å²) >= 11 is 0. The number of aryl methyl sites for hydroxylation is 1. The molecule has 3 heterocycles. The predicted octanol–water partition coefficient (Wildman–Crippen LogP) is 4.43. The molecule has 47 heavy (non-hydrogen) atoms. The van der Waals surface area contributed by atoms with E-state index in [0.29, 0.717) is 5.88 Å². The SMILES string of the molecule is C=CC1CC1(NC(=O)[C@@H]1C[C@@H]2CN1C(=O)[C@H](C1CCCCC1)NC(=O)OC[C@H](C)CCCc1ccc3ccnc(c3c1)O2)P(=O)(O)O. The highest BCUT2D eigenvalue weighted by molar-refractivity contribution is 7.54. The van der Waals surface area contributed by atoms with Crippen LogP contribution >= 0.6 is 7.60 Å². The summed E-state index contributed by atoms with van der Waals surface area (Å²) < 4.78 is 24.6. The van der Waals surface area contributed by atoms with E-state index in [4.69, 9.17) is 9.47 Å². The van der Waals surface area contributed by atoms with Crippen LogP contribution in [0.3, 0.4) is 0 Å². The molecule has 2 aliphatic heterocycles. The van der Waals surface area contributed by atoms with Gasteiger partial charge < -0.3 is 34.8 Å². The highest BCUT2D eigenvalue weighted by atomic mass is 31.2. The second-order valence-corrected chi connectivity index (χ2v) is 15.7. The summed E-state index contributed by atoms with van der Waals surface area (Å²) in [6.07, 6.45) is 8.81. The molecule has 2 aliphatic carbocycles. The zero-order chi connectivity index (χ0) is 33.3. The number of carbonyl (C=O) groups is 3. The minimum Gasteiger partial charge on any atom is -0.472 e. The molecule has 4 aliphatic rings. The zero-order valence-corrected chi connectivity index (χ0v) is 27.7. The Bertz CT molecular complexity index is 1570. The normalized spacial score (nSPS) is 30.9. The van der Waals surface area contributed by atoms with Gasteiger partial charge in [-0.15, -0.1) is 6.58 Å². The standard InChI is InChI=1S/C34H45N4O8P/c1-3-25-18-34(25,47(42,43)44)37-30(39)28-17-26-19-38(28)32(40)29(24-10-5-4-6-11-24)36-33(41)45-20-21(2)8-7-9-22-12-13-23-14-15-35-31(46-26)27(23)16-22/h3,12-16,21,24-26,28-29H,1,4-11,17-20H2,2H3,(H,36,41)(H,37,39)(H2,42,43,44)/t21-,25?,26-,28+,29+,34?/m1/s1. The first-order valence-corrected chi connectivity index (χ1v) is 18.4. The van der Waals surface area contributed by atoms with Crippen LogP contribution < -0.4 is 15.4 Å². The van der Waals surface area contributed by atoms with E-state index in [0.717, 1.165) is 67.7 Å². The summed E-state index contributed by atoms with van der Waals surface area (Å²) in [5.74, 6) is -1.37. The summed E-state index contributed by atoms with van der Waals surface area (Å²) in [4.78, 5) is 67.9. The number of ether oxygens (including phenoxy) is 2. The van der Waals surface area contributed by atoms with Crippen LogP contribution in [0.25, 0.3) is 10.8 Å². The molecule has 4 N–H and O–H groups in total. The summed E-state index contributed by atoms with van der Waals surface area (Å²) in [5, 5.41) is 5.47. The lowest BCUT2D eigenvalue weighted by molar-refractivity contribution is -0.141. The molecular weight excluding hydrogens is 623 g/mol. The van der Waals surface area contributed by atoms with E-state index in [1.54, 1.807) is 6.20 Å². The van der Waals surface area contributed by atoms with Crippen molar-refractivity contribution in [1.82, 2.24) is 20.5 Å². The number of rotatable bonds is 5. The van der Waals surface area contributed by atoms with Gasteiger partial charge in [0.15, 0.2) is 0 Å². The highest BCUT2D eigenvalue weighted by Crippen LogP contribution is 2.67. The number of benzene rings is 1. The average Bonchev–Trinajstić information content (AvgIpc) is 3.63. The van der Waals surface area contributed by atoms with E-state index in [1.807, 2.05) is 19.1 Å². The number of fused-ring (bicyclic) bond motifs is 3. The maximum absolute atomic E-state index is 14.5. The van der Waals surface area contributed by atoms with E-state index in [9.17, 15) is 28.7 Å². The predicted molar refractivity (Wildman–Crippen MR) is 174 cm³/mol. The fourth-order valence-electron chi connectivity index (χ4n) is 7.53. The van der Waals surface area contributed by atoms with Gasteiger partial charge in [-0.2, -0.15) is 0 Å². The number of aromatic nitrogens is 1. The van der Waals surface area contributed by atoms with Crippen molar-refractivity contribution in [3.63, 3.8) is 0 Å². The van der Waals surface area contributed by atoms with Crippen LogP contribution in [-0.2, 0) is 25.3 Å². The van der Waals surface area contributed by atoms with Gasteiger partial charge in [-0.05, 0) is 73.4 Å². The van der Waals surface area contributed by atoms with Gasteiger partial charge in [0, 0.05) is 23.9 Å². The Hall–Kier alpha value is -3.47. The van der Waals surface area contributed by atoms with E-state index in [-0.39, 0.29) is 37.8 Å². The number of hydrogen-bond donors (Lipinski definition) is 4. The van der Waals surface area contributed by atoms with Crippen molar-refractivity contribution < 1.29 is 38.2 Å². The Morgan fingerprint density at radius 3 is 2.68 bits per heavy atom. The molecule has 13 heteroatoms. The molecule has 0 radical (unpaired) electrons. The van der Waals surface area contributed by atoms with Crippen LogP contribution in [-0.4, -0.2) is 74.2 Å². The highest BCUT2D eigenvalue weighted by Gasteiger charge is 2.66. The molecule has 6 rings (SSSR count). The minimum absolute atomic E-state index is 0.0272. The Balaban J connectivity index is 1.36. The van der Waals surface area contributed by atoms with Crippen LogP contribution in [0.5, 0.6) is 5.88 Å². The number of cyclic esters (lactones) is 1. The molecular formula is C34H45N4O8P. The van der Waals surface area contributed by atoms with E-state index < -0.39 is 54.9 Å². The third-order valence-electron chi connectivity index (χ3n) is 10.4. The van der Waals surface area contributed by atoms with Gasteiger partial charge in [-0.25, -0.2) is 9.78 Å². The topological polar surface area (TPSA) is 167 Å². The van der Waals surface area contributed by atoms with Gasteiger partial charge in [0.2, 0.25) is 17.7 Å². The maximum atomic E-state index is 14.5. The third kappa shape index (κ3) is 7.05. The lowest BCUT2D eigenvalue weighted by atomic mass is 9.83. The summed E-state index contributed by atoms with van der Waals surface area (Å²) in [6, 6.07) is 6.04. The first-order chi connectivity index (χ1) is 22.5. The number of nitrogens with one attached hydrogen (secondary N) is 2. The third-order valence-corrected chi connectivity index (χ3v) is 12.0. The van der Waals surface area contributed by atoms with Crippen LogP contribution in [0, 0.1) is 17.8 Å². The Morgan fingerprint density at radius 1 is 1.17 bits per heavy atom. The van der Waals surface area contributed by atoms with Crippen molar-refractivity contribution in [2.45, 2.75) is 94.6 Å². The monoisotopic (exact) mass is 668 g/mol. The Morgan fingerprint density at radius 2 is 1.96 bits per heavy atom. The molecule has 1 aromatic carbocycles. The Kier molecular flexibility index (Phi) is 9.65. The number of hydrogen-bond acceptors (Lipinski definition) is 7. The van der Waals surface area contributed by atoms with Crippen LogP contribution in [0.4, 0.5) is 4.79 Å². The minimum atomic E-state index is -4.77. The number of amides is 3. The number of nitrogens with zero attached hydrogens (tertiary/aromatic N) is 2. The molecule has 1 saturated heterocycles. The summed E-state index contributed by atoms with van der Waals surface area (Å²) in [6.45, 7) is 5.94. The first kappa shape index (κ1) is 33.4. The smallest absolute Gasteiger partial charge is 0.407 e. The molecule has 6 atom stereocenters. The van der Waals surface area contributed by atoms with Crippen molar-refractivity contribution in [3.05, 3.63) is 48.7 Å². The fraction of sp³-hybridized carbons (Fsp3) is 0.588. The van der Waals surface area contributed by atoms with Crippen molar-refractivity contribution in [1.29, 1.82) is 0 Å². The second-order valence-electron chi connectivity index (χ2n) is 13.8. The summed E-state index contributed by atoms with van der Waals surface area (Å²) in [5.41, 5.74) is 1.11. The maximum Gasteiger partial charge on any atom is 0.407 e. The molecule has 2 saturated carbocycles. The molecule has 1 aromatic heterocycles. The first-order valence-electron chi connectivity index (χ1n) is 16.8. The van der Waals surface area contributed by atoms with Gasteiger partial charge >= 0.3 is 13.7 Å². The van der Waals surface area contributed by atoms with E-state index >= 15 is 0 Å². The quantitative estimate of drug-likeness (QED) is 0.266. The molecule has 4 bridgehead atoms. The largest absolute Gasteiger partial charge is 0.472 e. The lowest BCUT2D eigenvalue weighted by Crippen LogP contribution is -2.57. The van der Waals surface area contributed by atoms with E-state index in [2.05, 4.69) is 34.3 Å². The number of carbonyl (C=O) groups excluding carboxylic acids is 3. The van der Waals surface area contributed by atoms with Crippen molar-refractivity contribution in [3.8, 4) is 5.88 Å². The number of alkyl carbamates (subject to hydrolysis) is 1. The number of pyridine rings is 1. The van der Waals surface area contributed by atoms with Crippen molar-refractivity contribution in [2.24, 2.45) is 17.8 Å². The average molecular weight is 669 g/mol. The van der Waals surface area contributed by atoms with Crippen molar-refractivity contribution in [2.75, 3.05) is 13.2 Å². The summed E-state index contributed by atoms with van der Waals surface area (Å²) in [7, 11) is -4.77.